The zero-order chi connectivity index (χ0) is 22.2. The third kappa shape index (κ3) is 4.42. The Balaban J connectivity index is 1.78. The molecule has 0 aliphatic heterocycles. The van der Waals surface area contributed by atoms with Crippen molar-refractivity contribution < 1.29 is 4.74 Å². The zero-order valence-electron chi connectivity index (χ0n) is 19.0. The molecule has 0 unspecified atom stereocenters. The zero-order valence-corrected chi connectivity index (χ0v) is 19.9. The van der Waals surface area contributed by atoms with E-state index in [-0.39, 0.29) is 5.41 Å². The number of aryl methyl sites for hydroxylation is 2. The summed E-state index contributed by atoms with van der Waals surface area (Å²) in [5, 5.41) is 4.62. The van der Waals surface area contributed by atoms with E-state index in [0.717, 1.165) is 38.9 Å². The summed E-state index contributed by atoms with van der Waals surface area (Å²) in [5.41, 5.74) is 4.78. The molecule has 0 saturated heterocycles. The second kappa shape index (κ2) is 8.31. The molecule has 4 rings (SSSR count). The largest absolute Gasteiger partial charge is 0.494 e. The van der Waals surface area contributed by atoms with E-state index in [1.807, 2.05) is 26.0 Å². The smallest absolute Gasteiger partial charge is 0.143 e. The third-order valence-corrected chi connectivity index (χ3v) is 6.31. The maximum Gasteiger partial charge on any atom is 0.143 e. The quantitative estimate of drug-likeness (QED) is 0.357. The first-order chi connectivity index (χ1) is 14.8. The molecule has 0 radical (unpaired) electrons. The average Bonchev–Trinajstić information content (AvgIpc) is 3.04. The fourth-order valence-electron chi connectivity index (χ4n) is 3.73. The SMILES string of the molecule is CCOc1ccc(-c2c(C)sc3nc(C)nc(Nc4ccc(C(C)(C)C)cc4)c23)cc1. The minimum atomic E-state index is 0.128. The Hall–Kier alpha value is -2.92. The molecule has 1 N–H and O–H groups in total. The molecule has 2 heterocycles. The second-order valence-electron chi connectivity index (χ2n) is 8.74. The van der Waals surface area contributed by atoms with Crippen LogP contribution in [0.25, 0.3) is 21.3 Å². The topological polar surface area (TPSA) is 47.0 Å². The molecule has 0 amide bonds. The van der Waals surface area contributed by atoms with Crippen LogP contribution in [0.1, 0.15) is 44.0 Å². The Kier molecular flexibility index (Phi) is 5.71. The third-order valence-electron chi connectivity index (χ3n) is 5.31. The molecule has 0 atom stereocenters. The highest BCUT2D eigenvalue weighted by atomic mass is 32.1. The number of ether oxygens (including phenoxy) is 1. The molecule has 0 spiro atoms. The van der Waals surface area contributed by atoms with Crippen molar-refractivity contribution in [3.63, 3.8) is 0 Å². The van der Waals surface area contributed by atoms with E-state index in [9.17, 15) is 0 Å². The lowest BCUT2D eigenvalue weighted by molar-refractivity contribution is 0.340. The van der Waals surface area contributed by atoms with Crippen molar-refractivity contribution in [2.75, 3.05) is 11.9 Å². The van der Waals surface area contributed by atoms with Crippen LogP contribution in [-0.2, 0) is 5.41 Å². The van der Waals surface area contributed by atoms with Gasteiger partial charge in [-0.25, -0.2) is 9.97 Å². The number of fused-ring (bicyclic) bond motifs is 1. The van der Waals surface area contributed by atoms with Gasteiger partial charge in [-0.1, -0.05) is 45.0 Å². The summed E-state index contributed by atoms with van der Waals surface area (Å²) in [6, 6.07) is 16.9. The Bertz CT molecular complexity index is 1200. The lowest BCUT2D eigenvalue weighted by atomic mass is 9.87. The average molecular weight is 432 g/mol. The molecule has 0 aliphatic carbocycles. The molecule has 160 valence electrons. The number of nitrogens with one attached hydrogen (secondary N) is 1. The van der Waals surface area contributed by atoms with E-state index < -0.39 is 0 Å². The first-order valence-corrected chi connectivity index (χ1v) is 11.5. The first kappa shape index (κ1) is 21.3. The van der Waals surface area contributed by atoms with Gasteiger partial charge < -0.3 is 10.1 Å². The van der Waals surface area contributed by atoms with Gasteiger partial charge >= 0.3 is 0 Å². The van der Waals surface area contributed by atoms with Gasteiger partial charge in [0, 0.05) is 16.1 Å². The predicted molar refractivity (Wildman–Crippen MR) is 132 cm³/mol. The lowest BCUT2D eigenvalue weighted by Crippen LogP contribution is -2.10. The normalized spacial score (nSPS) is 11.7. The van der Waals surface area contributed by atoms with E-state index in [0.29, 0.717) is 6.61 Å². The molecule has 0 aliphatic rings. The van der Waals surface area contributed by atoms with Gasteiger partial charge in [-0.15, -0.1) is 11.3 Å². The molecule has 5 heteroatoms. The molecule has 31 heavy (non-hydrogen) atoms. The van der Waals surface area contributed by atoms with Crippen molar-refractivity contribution in [2.45, 2.75) is 47.0 Å². The van der Waals surface area contributed by atoms with Crippen molar-refractivity contribution in [2.24, 2.45) is 0 Å². The van der Waals surface area contributed by atoms with Crippen LogP contribution >= 0.6 is 11.3 Å². The summed E-state index contributed by atoms with van der Waals surface area (Å²) in [6.45, 7) is 13.4. The maximum absolute atomic E-state index is 5.61. The summed E-state index contributed by atoms with van der Waals surface area (Å²) in [6.07, 6.45) is 0. The van der Waals surface area contributed by atoms with E-state index in [1.54, 1.807) is 11.3 Å². The standard InChI is InChI=1S/C26H29N3OS/c1-7-30-21-14-8-18(9-15-21)22-16(2)31-25-23(22)24(27-17(3)28-25)29-20-12-10-19(11-13-20)26(4,5)6/h8-15H,7H2,1-6H3,(H,27,28,29). The van der Waals surface area contributed by atoms with Gasteiger partial charge in [0.25, 0.3) is 0 Å². The van der Waals surface area contributed by atoms with Gasteiger partial charge in [-0.2, -0.15) is 0 Å². The molecule has 0 saturated carbocycles. The summed E-state index contributed by atoms with van der Waals surface area (Å²) in [5.74, 6) is 2.49. The summed E-state index contributed by atoms with van der Waals surface area (Å²) < 4.78 is 5.61. The summed E-state index contributed by atoms with van der Waals surface area (Å²) in [7, 11) is 0. The predicted octanol–water partition coefficient (Wildman–Crippen LogP) is 7.41. The Morgan fingerprint density at radius 1 is 0.935 bits per heavy atom. The monoisotopic (exact) mass is 431 g/mol. The second-order valence-corrected chi connectivity index (χ2v) is 9.95. The van der Waals surface area contributed by atoms with Gasteiger partial charge in [0.15, 0.2) is 0 Å². The molecular weight excluding hydrogens is 402 g/mol. The van der Waals surface area contributed by atoms with Gasteiger partial charge in [0.05, 0.1) is 12.0 Å². The van der Waals surface area contributed by atoms with Crippen molar-refractivity contribution in [1.29, 1.82) is 0 Å². The van der Waals surface area contributed by atoms with Crippen LogP contribution in [0.5, 0.6) is 5.75 Å². The van der Waals surface area contributed by atoms with Crippen LogP contribution < -0.4 is 10.1 Å². The van der Waals surface area contributed by atoms with Gasteiger partial charge in [0.1, 0.15) is 22.2 Å². The van der Waals surface area contributed by atoms with Crippen LogP contribution in [0.3, 0.4) is 0 Å². The minimum Gasteiger partial charge on any atom is -0.494 e. The van der Waals surface area contributed by atoms with Gasteiger partial charge in [-0.3, -0.25) is 0 Å². The number of thiophene rings is 1. The van der Waals surface area contributed by atoms with Gasteiger partial charge in [-0.05, 0) is 61.6 Å². The number of rotatable bonds is 5. The molecular formula is C26H29N3OS. The fraction of sp³-hybridized carbons (Fsp3) is 0.308. The van der Waals surface area contributed by atoms with Crippen molar-refractivity contribution in [3.05, 3.63) is 64.8 Å². The van der Waals surface area contributed by atoms with Crippen molar-refractivity contribution in [3.8, 4) is 16.9 Å². The number of aromatic nitrogens is 2. The van der Waals surface area contributed by atoms with Crippen molar-refractivity contribution >= 4 is 33.1 Å². The van der Waals surface area contributed by atoms with E-state index in [2.05, 4.69) is 69.4 Å². The lowest BCUT2D eigenvalue weighted by Gasteiger charge is -2.19. The molecule has 0 bridgehead atoms. The number of anilines is 2. The first-order valence-electron chi connectivity index (χ1n) is 10.6. The van der Waals surface area contributed by atoms with Gasteiger partial charge in [0.2, 0.25) is 0 Å². The maximum atomic E-state index is 5.61. The Morgan fingerprint density at radius 3 is 2.23 bits per heavy atom. The highest BCUT2D eigenvalue weighted by Crippen LogP contribution is 2.41. The number of hydrogen-bond donors (Lipinski definition) is 1. The fourth-order valence-corrected chi connectivity index (χ4v) is 4.82. The van der Waals surface area contributed by atoms with Crippen LogP contribution in [0.15, 0.2) is 48.5 Å². The highest BCUT2D eigenvalue weighted by Gasteiger charge is 2.19. The number of nitrogens with zero attached hydrogens (tertiary/aromatic N) is 2. The Labute approximate surface area is 188 Å². The molecule has 0 fully saturated rings. The molecule has 4 aromatic rings. The van der Waals surface area contributed by atoms with Crippen LogP contribution in [0.2, 0.25) is 0 Å². The van der Waals surface area contributed by atoms with E-state index in [1.165, 1.54) is 16.0 Å². The summed E-state index contributed by atoms with van der Waals surface area (Å²) in [4.78, 5) is 11.7. The van der Waals surface area contributed by atoms with E-state index >= 15 is 0 Å². The Morgan fingerprint density at radius 2 is 1.61 bits per heavy atom. The molecule has 2 aromatic carbocycles. The number of benzene rings is 2. The number of hydrogen-bond acceptors (Lipinski definition) is 5. The van der Waals surface area contributed by atoms with Crippen molar-refractivity contribution in [1.82, 2.24) is 9.97 Å². The highest BCUT2D eigenvalue weighted by molar-refractivity contribution is 7.19. The van der Waals surface area contributed by atoms with Crippen LogP contribution in [-0.4, -0.2) is 16.6 Å². The summed E-state index contributed by atoms with van der Waals surface area (Å²) >= 11 is 1.71. The molecule has 4 nitrogen and oxygen atoms in total. The minimum absolute atomic E-state index is 0.128. The van der Waals surface area contributed by atoms with Crippen LogP contribution in [0.4, 0.5) is 11.5 Å². The molecule has 2 aromatic heterocycles. The van der Waals surface area contributed by atoms with E-state index in [4.69, 9.17) is 14.7 Å². The van der Waals surface area contributed by atoms with Crippen LogP contribution in [0, 0.1) is 13.8 Å².